The number of halogens is 2. The Kier molecular flexibility index (Phi) is 5.52. The van der Waals surface area contributed by atoms with Crippen LogP contribution >= 0.6 is 0 Å². The van der Waals surface area contributed by atoms with Crippen LogP contribution in [0.2, 0.25) is 0 Å². The standard InChI is InChI=1S/C15H21F2NO3S/c1-18(9-11-5-2-3-8-15(11)19)22(20,21)10-12-13(16)6-4-7-14(12)17/h4,6-7,11,15,19H,2-3,5,8-10H2,1H3. The van der Waals surface area contributed by atoms with Gasteiger partial charge in [0.15, 0.2) is 0 Å². The fraction of sp³-hybridized carbons (Fsp3) is 0.600. The van der Waals surface area contributed by atoms with E-state index in [9.17, 15) is 22.3 Å². The molecule has 0 bridgehead atoms. The van der Waals surface area contributed by atoms with Crippen LogP contribution in [0.5, 0.6) is 0 Å². The molecule has 22 heavy (non-hydrogen) atoms. The van der Waals surface area contributed by atoms with Crippen LogP contribution in [0.3, 0.4) is 0 Å². The van der Waals surface area contributed by atoms with Crippen LogP contribution < -0.4 is 0 Å². The Morgan fingerprint density at radius 2 is 1.82 bits per heavy atom. The Morgan fingerprint density at radius 3 is 2.41 bits per heavy atom. The number of aliphatic hydroxyl groups is 1. The van der Waals surface area contributed by atoms with E-state index in [4.69, 9.17) is 0 Å². The highest BCUT2D eigenvalue weighted by Gasteiger charge is 2.29. The second-order valence-electron chi connectivity index (χ2n) is 5.85. The summed E-state index contributed by atoms with van der Waals surface area (Å²) in [5, 5.41) is 9.92. The number of nitrogens with zero attached hydrogens (tertiary/aromatic N) is 1. The van der Waals surface area contributed by atoms with Crippen LogP contribution in [-0.4, -0.2) is 37.5 Å². The first-order chi connectivity index (χ1) is 10.3. The normalized spacial score (nSPS) is 23.0. The van der Waals surface area contributed by atoms with Crippen LogP contribution in [0.1, 0.15) is 31.2 Å². The van der Waals surface area contributed by atoms with Crippen molar-refractivity contribution in [2.75, 3.05) is 13.6 Å². The average Bonchev–Trinajstić information content (AvgIpc) is 2.45. The third kappa shape index (κ3) is 4.02. The topological polar surface area (TPSA) is 57.6 Å². The Morgan fingerprint density at radius 1 is 1.23 bits per heavy atom. The highest BCUT2D eigenvalue weighted by molar-refractivity contribution is 7.88. The van der Waals surface area contributed by atoms with Gasteiger partial charge in [-0.1, -0.05) is 18.9 Å². The Bertz CT molecular complexity index is 601. The van der Waals surface area contributed by atoms with Crippen LogP contribution in [0.25, 0.3) is 0 Å². The first kappa shape index (κ1) is 17.3. The van der Waals surface area contributed by atoms with Gasteiger partial charge in [-0.05, 0) is 30.9 Å². The van der Waals surface area contributed by atoms with Crippen molar-refractivity contribution < 1.29 is 22.3 Å². The summed E-state index contributed by atoms with van der Waals surface area (Å²) < 4.78 is 52.9. The lowest BCUT2D eigenvalue weighted by Gasteiger charge is -2.30. The van der Waals surface area contributed by atoms with Gasteiger partial charge in [0.05, 0.1) is 11.9 Å². The summed E-state index contributed by atoms with van der Waals surface area (Å²) in [5.41, 5.74) is -0.446. The fourth-order valence-electron chi connectivity index (χ4n) is 2.81. The number of rotatable bonds is 5. The number of aliphatic hydroxyl groups excluding tert-OH is 1. The lowest BCUT2D eigenvalue weighted by Crippen LogP contribution is -2.38. The van der Waals surface area contributed by atoms with Gasteiger partial charge >= 0.3 is 0 Å². The zero-order valence-electron chi connectivity index (χ0n) is 12.5. The molecule has 2 rings (SSSR count). The summed E-state index contributed by atoms with van der Waals surface area (Å²) in [5.74, 6) is -2.58. The number of hydrogen-bond acceptors (Lipinski definition) is 3. The van der Waals surface area contributed by atoms with Gasteiger partial charge in [-0.15, -0.1) is 0 Å². The molecule has 0 radical (unpaired) electrons. The third-order valence-corrected chi connectivity index (χ3v) is 5.98. The van der Waals surface area contributed by atoms with Crippen LogP contribution in [0.15, 0.2) is 18.2 Å². The molecule has 0 aliphatic heterocycles. The molecule has 1 aromatic carbocycles. The predicted octanol–water partition coefficient (Wildman–Crippen LogP) is 2.28. The molecule has 0 amide bonds. The SMILES string of the molecule is CN(CC1CCCCC1O)S(=O)(=O)Cc1c(F)cccc1F. The summed E-state index contributed by atoms with van der Waals surface area (Å²) in [6.45, 7) is 0.166. The summed E-state index contributed by atoms with van der Waals surface area (Å²) in [6.07, 6.45) is 2.80. The van der Waals surface area contributed by atoms with Gasteiger partial charge in [0.2, 0.25) is 10.0 Å². The van der Waals surface area contributed by atoms with E-state index in [1.807, 2.05) is 0 Å². The molecule has 1 saturated carbocycles. The molecule has 0 heterocycles. The molecule has 1 aliphatic carbocycles. The van der Waals surface area contributed by atoms with Crippen molar-refractivity contribution in [2.24, 2.45) is 5.92 Å². The van der Waals surface area contributed by atoms with E-state index >= 15 is 0 Å². The largest absolute Gasteiger partial charge is 0.393 e. The number of sulfonamides is 1. The maximum atomic E-state index is 13.6. The van der Waals surface area contributed by atoms with E-state index in [-0.39, 0.29) is 12.5 Å². The van der Waals surface area contributed by atoms with E-state index in [0.29, 0.717) is 6.42 Å². The van der Waals surface area contributed by atoms with E-state index in [1.54, 1.807) is 0 Å². The van der Waals surface area contributed by atoms with E-state index < -0.39 is 39.1 Å². The third-order valence-electron chi connectivity index (χ3n) is 4.22. The molecule has 1 fully saturated rings. The predicted molar refractivity (Wildman–Crippen MR) is 79.6 cm³/mol. The fourth-order valence-corrected chi connectivity index (χ4v) is 4.09. The molecule has 1 aliphatic rings. The van der Waals surface area contributed by atoms with Crippen molar-refractivity contribution in [3.63, 3.8) is 0 Å². The van der Waals surface area contributed by atoms with E-state index in [0.717, 1.165) is 35.7 Å². The van der Waals surface area contributed by atoms with E-state index in [2.05, 4.69) is 0 Å². The van der Waals surface area contributed by atoms with Crippen molar-refractivity contribution in [3.8, 4) is 0 Å². The summed E-state index contributed by atoms with van der Waals surface area (Å²) >= 11 is 0. The second-order valence-corrected chi connectivity index (χ2v) is 7.92. The smallest absolute Gasteiger partial charge is 0.218 e. The number of hydrogen-bond donors (Lipinski definition) is 1. The average molecular weight is 333 g/mol. The highest BCUT2D eigenvalue weighted by atomic mass is 32.2. The van der Waals surface area contributed by atoms with Gasteiger partial charge in [0.1, 0.15) is 11.6 Å². The first-order valence-corrected chi connectivity index (χ1v) is 8.97. The van der Waals surface area contributed by atoms with Gasteiger partial charge in [-0.2, -0.15) is 0 Å². The molecule has 2 atom stereocenters. The van der Waals surface area contributed by atoms with Gasteiger partial charge in [0, 0.05) is 19.2 Å². The minimum atomic E-state index is -3.84. The molecule has 2 unspecified atom stereocenters. The zero-order chi connectivity index (χ0) is 16.3. The van der Waals surface area contributed by atoms with Crippen LogP contribution in [0.4, 0.5) is 8.78 Å². The summed E-state index contributed by atoms with van der Waals surface area (Å²) in [7, 11) is -2.45. The second kappa shape index (κ2) is 7.02. The monoisotopic (exact) mass is 333 g/mol. The zero-order valence-corrected chi connectivity index (χ0v) is 13.3. The molecule has 7 heteroatoms. The van der Waals surface area contributed by atoms with Crippen LogP contribution in [0, 0.1) is 17.6 Å². The lowest BCUT2D eigenvalue weighted by atomic mass is 9.86. The quantitative estimate of drug-likeness (QED) is 0.899. The van der Waals surface area contributed by atoms with Crippen molar-refractivity contribution in [2.45, 2.75) is 37.5 Å². The van der Waals surface area contributed by atoms with Gasteiger partial charge in [-0.3, -0.25) is 0 Å². The molecular formula is C15H21F2NO3S. The van der Waals surface area contributed by atoms with Gasteiger partial charge in [-0.25, -0.2) is 21.5 Å². The molecule has 0 spiro atoms. The maximum absolute atomic E-state index is 13.6. The lowest BCUT2D eigenvalue weighted by molar-refractivity contribution is 0.0620. The molecule has 1 aromatic rings. The van der Waals surface area contributed by atoms with E-state index in [1.165, 1.54) is 13.1 Å². The van der Waals surface area contributed by atoms with Gasteiger partial charge in [0.25, 0.3) is 0 Å². The number of benzene rings is 1. The van der Waals surface area contributed by atoms with Crippen molar-refractivity contribution in [1.29, 1.82) is 0 Å². The Balaban J connectivity index is 2.09. The van der Waals surface area contributed by atoms with Gasteiger partial charge < -0.3 is 5.11 Å². The van der Waals surface area contributed by atoms with Crippen LogP contribution in [-0.2, 0) is 15.8 Å². The summed E-state index contributed by atoms with van der Waals surface area (Å²) in [6, 6.07) is 3.28. The first-order valence-electron chi connectivity index (χ1n) is 7.36. The minimum Gasteiger partial charge on any atom is -0.393 e. The molecule has 4 nitrogen and oxygen atoms in total. The molecular weight excluding hydrogens is 312 g/mol. The molecule has 1 N–H and O–H groups in total. The van der Waals surface area contributed by atoms with Crippen molar-refractivity contribution in [1.82, 2.24) is 4.31 Å². The van der Waals surface area contributed by atoms with Crippen molar-refractivity contribution >= 4 is 10.0 Å². The molecule has 124 valence electrons. The maximum Gasteiger partial charge on any atom is 0.218 e. The Labute approximate surface area is 129 Å². The highest BCUT2D eigenvalue weighted by Crippen LogP contribution is 2.26. The molecule has 0 saturated heterocycles. The van der Waals surface area contributed by atoms with Crippen molar-refractivity contribution in [3.05, 3.63) is 35.4 Å². The Hall–Kier alpha value is -1.05. The minimum absolute atomic E-state index is 0.126. The summed E-state index contributed by atoms with van der Waals surface area (Å²) in [4.78, 5) is 0. The molecule has 0 aromatic heterocycles.